The predicted molar refractivity (Wildman–Crippen MR) is 125 cm³/mol. The van der Waals surface area contributed by atoms with E-state index in [0.29, 0.717) is 28.4 Å². The monoisotopic (exact) mass is 426 g/mol. The van der Waals surface area contributed by atoms with Gasteiger partial charge in [-0.3, -0.25) is 9.59 Å². The molecule has 32 heavy (non-hydrogen) atoms. The van der Waals surface area contributed by atoms with Crippen LogP contribution in [0.3, 0.4) is 0 Å². The Morgan fingerprint density at radius 1 is 0.719 bits per heavy atom. The Labute approximate surface area is 185 Å². The minimum absolute atomic E-state index is 0.173. The van der Waals surface area contributed by atoms with Gasteiger partial charge in [-0.1, -0.05) is 48.5 Å². The smallest absolute Gasteiger partial charge is 0.262 e. The van der Waals surface area contributed by atoms with E-state index in [0.717, 1.165) is 10.8 Å². The Balaban J connectivity index is 1.38. The van der Waals surface area contributed by atoms with Gasteiger partial charge in [0.05, 0.1) is 7.11 Å². The number of carbonyl (C=O) groups excluding carboxylic acids is 2. The van der Waals surface area contributed by atoms with Crippen LogP contribution in [0.1, 0.15) is 10.4 Å². The van der Waals surface area contributed by atoms with Gasteiger partial charge in [-0.15, -0.1) is 0 Å². The van der Waals surface area contributed by atoms with Crippen LogP contribution in [-0.4, -0.2) is 25.5 Å². The molecule has 0 fully saturated rings. The standard InChI is InChI=1S/C26H22N2O4/c1-31-23-11-4-5-12-24(23)32-17-25(29)27-21-9-6-10-22(16-21)28-26(30)20-14-13-18-7-2-3-8-19(18)15-20/h2-16H,17H2,1H3,(H,27,29)(H,28,30). The van der Waals surface area contributed by atoms with Crippen LogP contribution < -0.4 is 20.1 Å². The number of hydrogen-bond acceptors (Lipinski definition) is 4. The Morgan fingerprint density at radius 2 is 1.41 bits per heavy atom. The highest BCUT2D eigenvalue weighted by Crippen LogP contribution is 2.25. The van der Waals surface area contributed by atoms with Crippen LogP contribution in [0, 0.1) is 0 Å². The van der Waals surface area contributed by atoms with Gasteiger partial charge in [0.2, 0.25) is 0 Å². The van der Waals surface area contributed by atoms with Crippen LogP contribution >= 0.6 is 0 Å². The van der Waals surface area contributed by atoms with Gasteiger partial charge >= 0.3 is 0 Å². The molecule has 2 N–H and O–H groups in total. The molecule has 2 amide bonds. The number of benzene rings is 4. The zero-order chi connectivity index (χ0) is 22.3. The zero-order valence-electron chi connectivity index (χ0n) is 17.5. The molecule has 0 aliphatic heterocycles. The first-order chi connectivity index (χ1) is 15.6. The normalized spacial score (nSPS) is 10.4. The molecular formula is C26H22N2O4. The van der Waals surface area contributed by atoms with Crippen LogP contribution in [0.5, 0.6) is 11.5 Å². The summed E-state index contributed by atoms with van der Waals surface area (Å²) in [5.74, 6) is 0.493. The predicted octanol–water partition coefficient (Wildman–Crippen LogP) is 5.12. The minimum Gasteiger partial charge on any atom is -0.493 e. The van der Waals surface area contributed by atoms with Crippen molar-refractivity contribution in [1.82, 2.24) is 0 Å². The average molecular weight is 426 g/mol. The van der Waals surface area contributed by atoms with Crippen molar-refractivity contribution in [2.24, 2.45) is 0 Å². The van der Waals surface area contributed by atoms with Gasteiger partial charge in [-0.2, -0.15) is 0 Å². The highest BCUT2D eigenvalue weighted by atomic mass is 16.5. The van der Waals surface area contributed by atoms with E-state index in [1.807, 2.05) is 42.5 Å². The number of ether oxygens (including phenoxy) is 2. The first kappa shape index (κ1) is 20.9. The van der Waals surface area contributed by atoms with Crippen molar-refractivity contribution in [2.45, 2.75) is 0 Å². The molecule has 0 radical (unpaired) electrons. The summed E-state index contributed by atoms with van der Waals surface area (Å²) in [7, 11) is 1.54. The fourth-order valence-corrected chi connectivity index (χ4v) is 3.29. The van der Waals surface area contributed by atoms with Crippen LogP contribution in [0.4, 0.5) is 11.4 Å². The highest BCUT2D eigenvalue weighted by molar-refractivity contribution is 6.06. The molecule has 0 heterocycles. The van der Waals surface area contributed by atoms with Gasteiger partial charge in [-0.25, -0.2) is 0 Å². The molecule has 0 aromatic heterocycles. The average Bonchev–Trinajstić information content (AvgIpc) is 2.82. The van der Waals surface area contributed by atoms with E-state index in [4.69, 9.17) is 9.47 Å². The number of amides is 2. The van der Waals surface area contributed by atoms with Gasteiger partial charge in [0.25, 0.3) is 11.8 Å². The van der Waals surface area contributed by atoms with Crippen molar-refractivity contribution in [2.75, 3.05) is 24.4 Å². The first-order valence-electron chi connectivity index (χ1n) is 10.1. The molecule has 0 saturated carbocycles. The summed E-state index contributed by atoms with van der Waals surface area (Å²) < 4.78 is 10.8. The number of carbonyl (C=O) groups is 2. The molecule has 0 spiro atoms. The molecule has 0 atom stereocenters. The lowest BCUT2D eigenvalue weighted by atomic mass is 10.1. The summed E-state index contributed by atoms with van der Waals surface area (Å²) in [6.07, 6.45) is 0. The number of nitrogens with one attached hydrogen (secondary N) is 2. The van der Waals surface area contributed by atoms with E-state index in [2.05, 4.69) is 10.6 Å². The fourth-order valence-electron chi connectivity index (χ4n) is 3.29. The molecule has 6 nitrogen and oxygen atoms in total. The van der Waals surface area contributed by atoms with E-state index < -0.39 is 0 Å². The van der Waals surface area contributed by atoms with Gasteiger partial charge in [0.1, 0.15) is 0 Å². The lowest BCUT2D eigenvalue weighted by Crippen LogP contribution is -2.20. The van der Waals surface area contributed by atoms with Crippen LogP contribution in [0.25, 0.3) is 10.8 Å². The molecule has 0 unspecified atom stereocenters. The van der Waals surface area contributed by atoms with Crippen molar-refractivity contribution in [3.05, 3.63) is 96.6 Å². The number of fused-ring (bicyclic) bond motifs is 1. The molecule has 0 saturated heterocycles. The summed E-state index contributed by atoms with van der Waals surface area (Å²) in [6.45, 7) is -0.173. The largest absolute Gasteiger partial charge is 0.493 e. The van der Waals surface area contributed by atoms with Gasteiger partial charge < -0.3 is 20.1 Å². The number of para-hydroxylation sites is 2. The molecule has 160 valence electrons. The molecule has 4 aromatic rings. The van der Waals surface area contributed by atoms with E-state index >= 15 is 0 Å². The Morgan fingerprint density at radius 3 is 2.19 bits per heavy atom. The minimum atomic E-state index is -0.325. The maximum atomic E-state index is 12.7. The van der Waals surface area contributed by atoms with Gasteiger partial charge in [-0.05, 0) is 53.2 Å². The summed E-state index contributed by atoms with van der Waals surface area (Å²) in [6, 6.07) is 27.5. The summed E-state index contributed by atoms with van der Waals surface area (Å²) in [5, 5.41) is 7.71. The lowest BCUT2D eigenvalue weighted by molar-refractivity contribution is -0.118. The highest BCUT2D eigenvalue weighted by Gasteiger charge is 2.10. The molecule has 0 aliphatic carbocycles. The third kappa shape index (κ3) is 5.05. The summed E-state index contributed by atoms with van der Waals surface area (Å²) in [4.78, 5) is 25.0. The van der Waals surface area contributed by atoms with Gasteiger partial charge in [0, 0.05) is 16.9 Å². The van der Waals surface area contributed by atoms with Crippen molar-refractivity contribution in [3.63, 3.8) is 0 Å². The van der Waals surface area contributed by atoms with Crippen LogP contribution in [-0.2, 0) is 4.79 Å². The van der Waals surface area contributed by atoms with E-state index in [1.54, 1.807) is 55.6 Å². The number of hydrogen-bond donors (Lipinski definition) is 2. The van der Waals surface area contributed by atoms with E-state index in [-0.39, 0.29) is 18.4 Å². The molecule has 4 aromatic carbocycles. The SMILES string of the molecule is COc1ccccc1OCC(=O)Nc1cccc(NC(=O)c2ccc3ccccc3c2)c1. The van der Waals surface area contributed by atoms with Crippen LogP contribution in [0.15, 0.2) is 91.0 Å². The topological polar surface area (TPSA) is 76.7 Å². The summed E-state index contributed by atoms with van der Waals surface area (Å²) in [5.41, 5.74) is 1.69. The van der Waals surface area contributed by atoms with Crippen molar-refractivity contribution in [1.29, 1.82) is 0 Å². The third-order valence-corrected chi connectivity index (χ3v) is 4.84. The van der Waals surface area contributed by atoms with E-state index in [9.17, 15) is 9.59 Å². The lowest BCUT2D eigenvalue weighted by Gasteiger charge is -2.11. The number of rotatable bonds is 7. The van der Waals surface area contributed by atoms with Crippen molar-refractivity contribution >= 4 is 34.0 Å². The second kappa shape index (κ2) is 9.66. The van der Waals surface area contributed by atoms with Crippen molar-refractivity contribution in [3.8, 4) is 11.5 Å². The second-order valence-corrected chi connectivity index (χ2v) is 7.08. The molecule has 4 rings (SSSR count). The Hall–Kier alpha value is -4.32. The third-order valence-electron chi connectivity index (χ3n) is 4.84. The Bertz CT molecular complexity index is 1270. The van der Waals surface area contributed by atoms with Crippen LogP contribution in [0.2, 0.25) is 0 Å². The number of methoxy groups -OCH3 is 1. The maximum Gasteiger partial charge on any atom is 0.262 e. The van der Waals surface area contributed by atoms with E-state index in [1.165, 1.54) is 0 Å². The van der Waals surface area contributed by atoms with Gasteiger partial charge in [0.15, 0.2) is 18.1 Å². The first-order valence-corrected chi connectivity index (χ1v) is 10.1. The molecular weight excluding hydrogens is 404 g/mol. The number of anilines is 2. The summed E-state index contributed by atoms with van der Waals surface area (Å²) >= 11 is 0. The molecule has 6 heteroatoms. The molecule has 0 bridgehead atoms. The zero-order valence-corrected chi connectivity index (χ0v) is 17.5. The van der Waals surface area contributed by atoms with Crippen molar-refractivity contribution < 1.29 is 19.1 Å². The molecule has 0 aliphatic rings. The Kier molecular flexibility index (Phi) is 6.32. The maximum absolute atomic E-state index is 12.7. The second-order valence-electron chi connectivity index (χ2n) is 7.08. The fraction of sp³-hybridized carbons (Fsp3) is 0.0769. The quantitative estimate of drug-likeness (QED) is 0.430.